The SMILES string of the molecule is CNc1nnc(COc2ccc(OC(F)(F)F)cc2)s1. The van der Waals surface area contributed by atoms with E-state index in [0.717, 1.165) is 0 Å². The molecule has 0 unspecified atom stereocenters. The quantitative estimate of drug-likeness (QED) is 0.920. The number of ether oxygens (including phenoxy) is 2. The topological polar surface area (TPSA) is 56.3 Å². The van der Waals surface area contributed by atoms with Crippen LogP contribution in [-0.4, -0.2) is 23.6 Å². The normalized spacial score (nSPS) is 11.2. The first-order valence-electron chi connectivity index (χ1n) is 5.45. The molecule has 108 valence electrons. The Morgan fingerprint density at radius 3 is 2.35 bits per heavy atom. The van der Waals surface area contributed by atoms with Gasteiger partial charge in [0.25, 0.3) is 0 Å². The summed E-state index contributed by atoms with van der Waals surface area (Å²) in [6.45, 7) is 0.193. The van der Waals surface area contributed by atoms with Crippen LogP contribution < -0.4 is 14.8 Å². The van der Waals surface area contributed by atoms with Crippen LogP contribution >= 0.6 is 11.3 Å². The number of nitrogens with one attached hydrogen (secondary N) is 1. The Morgan fingerprint density at radius 2 is 1.80 bits per heavy atom. The zero-order valence-electron chi connectivity index (χ0n) is 10.3. The van der Waals surface area contributed by atoms with Gasteiger partial charge in [0.15, 0.2) is 5.01 Å². The lowest BCUT2D eigenvalue weighted by Gasteiger charge is -2.09. The van der Waals surface area contributed by atoms with Crippen molar-refractivity contribution in [2.45, 2.75) is 13.0 Å². The first-order chi connectivity index (χ1) is 9.46. The molecule has 0 aliphatic carbocycles. The van der Waals surface area contributed by atoms with E-state index in [1.807, 2.05) is 0 Å². The van der Waals surface area contributed by atoms with Crippen LogP contribution in [0.25, 0.3) is 0 Å². The molecule has 1 N–H and O–H groups in total. The second-order valence-electron chi connectivity index (χ2n) is 3.56. The molecule has 0 fully saturated rings. The van der Waals surface area contributed by atoms with E-state index in [0.29, 0.717) is 15.9 Å². The van der Waals surface area contributed by atoms with E-state index >= 15 is 0 Å². The van der Waals surface area contributed by atoms with Crippen molar-refractivity contribution in [3.8, 4) is 11.5 Å². The molecule has 0 saturated carbocycles. The highest BCUT2D eigenvalue weighted by molar-refractivity contribution is 7.15. The van der Waals surface area contributed by atoms with Crippen LogP contribution in [0, 0.1) is 0 Å². The molecule has 0 radical (unpaired) electrons. The van der Waals surface area contributed by atoms with Gasteiger partial charge >= 0.3 is 6.36 Å². The van der Waals surface area contributed by atoms with Gasteiger partial charge in [0.2, 0.25) is 5.13 Å². The molecule has 5 nitrogen and oxygen atoms in total. The fourth-order valence-electron chi connectivity index (χ4n) is 1.30. The molecule has 1 aromatic heterocycles. The smallest absolute Gasteiger partial charge is 0.486 e. The Balaban J connectivity index is 1.90. The van der Waals surface area contributed by atoms with Crippen LogP contribution in [0.5, 0.6) is 11.5 Å². The highest BCUT2D eigenvalue weighted by atomic mass is 32.1. The predicted octanol–water partition coefficient (Wildman–Crippen LogP) is 3.06. The van der Waals surface area contributed by atoms with E-state index in [1.165, 1.54) is 35.6 Å². The second-order valence-corrected chi connectivity index (χ2v) is 4.62. The Kier molecular flexibility index (Phi) is 4.28. The van der Waals surface area contributed by atoms with Crippen LogP contribution in [0.3, 0.4) is 0 Å². The lowest BCUT2D eigenvalue weighted by Crippen LogP contribution is -2.16. The molecule has 1 aromatic carbocycles. The van der Waals surface area contributed by atoms with Gasteiger partial charge in [-0.05, 0) is 24.3 Å². The number of aromatic nitrogens is 2. The van der Waals surface area contributed by atoms with Gasteiger partial charge in [-0.15, -0.1) is 23.4 Å². The summed E-state index contributed by atoms with van der Waals surface area (Å²) >= 11 is 1.33. The van der Waals surface area contributed by atoms with Crippen LogP contribution in [-0.2, 0) is 6.61 Å². The third-order valence-corrected chi connectivity index (χ3v) is 3.01. The molecular formula is C11H10F3N3O2S. The zero-order chi connectivity index (χ0) is 14.6. The Hall–Kier alpha value is -2.03. The van der Waals surface area contributed by atoms with E-state index in [2.05, 4.69) is 20.3 Å². The summed E-state index contributed by atoms with van der Waals surface area (Å²) in [5, 5.41) is 11.9. The minimum Gasteiger partial charge on any atom is -0.486 e. The molecule has 0 bridgehead atoms. The van der Waals surface area contributed by atoms with E-state index in [-0.39, 0.29) is 12.4 Å². The minimum atomic E-state index is -4.70. The van der Waals surface area contributed by atoms with Gasteiger partial charge in [0.05, 0.1) is 0 Å². The number of hydrogen-bond acceptors (Lipinski definition) is 6. The molecule has 0 aliphatic heterocycles. The number of halogens is 3. The standard InChI is InChI=1S/C11H10F3N3O2S/c1-15-10-17-16-9(20-10)6-18-7-2-4-8(5-3-7)19-11(12,13)14/h2-5H,6H2,1H3,(H,15,17). The van der Waals surface area contributed by atoms with Crippen molar-refractivity contribution >= 4 is 16.5 Å². The minimum absolute atomic E-state index is 0.193. The highest BCUT2D eigenvalue weighted by Gasteiger charge is 2.30. The molecule has 1 heterocycles. The van der Waals surface area contributed by atoms with Gasteiger partial charge in [-0.2, -0.15) is 0 Å². The van der Waals surface area contributed by atoms with E-state index in [9.17, 15) is 13.2 Å². The molecule has 2 aromatic rings. The molecule has 20 heavy (non-hydrogen) atoms. The maximum atomic E-state index is 12.0. The first kappa shape index (κ1) is 14.4. The van der Waals surface area contributed by atoms with E-state index in [4.69, 9.17) is 4.74 Å². The largest absolute Gasteiger partial charge is 0.573 e. The number of anilines is 1. The third-order valence-electron chi connectivity index (χ3n) is 2.10. The van der Waals surface area contributed by atoms with Crippen LogP contribution in [0.4, 0.5) is 18.3 Å². The van der Waals surface area contributed by atoms with Crippen molar-refractivity contribution < 1.29 is 22.6 Å². The summed E-state index contributed by atoms with van der Waals surface area (Å²) < 4.78 is 45.1. The Bertz CT molecular complexity index is 557. The average molecular weight is 305 g/mol. The molecule has 0 amide bonds. The molecule has 0 atom stereocenters. The summed E-state index contributed by atoms with van der Waals surface area (Å²) in [7, 11) is 1.73. The summed E-state index contributed by atoms with van der Waals surface area (Å²) in [6.07, 6.45) is -4.70. The summed E-state index contributed by atoms with van der Waals surface area (Å²) in [5.41, 5.74) is 0. The van der Waals surface area contributed by atoms with Crippen LogP contribution in [0.2, 0.25) is 0 Å². The highest BCUT2D eigenvalue weighted by Crippen LogP contribution is 2.25. The molecule has 0 saturated heterocycles. The first-order valence-corrected chi connectivity index (χ1v) is 6.26. The van der Waals surface area contributed by atoms with E-state index < -0.39 is 6.36 Å². The van der Waals surface area contributed by atoms with Crippen molar-refractivity contribution in [3.63, 3.8) is 0 Å². The van der Waals surface area contributed by atoms with Gasteiger partial charge in [-0.3, -0.25) is 0 Å². The van der Waals surface area contributed by atoms with Gasteiger partial charge in [-0.1, -0.05) is 11.3 Å². The average Bonchev–Trinajstić information content (AvgIpc) is 2.84. The number of rotatable bonds is 5. The predicted molar refractivity (Wildman–Crippen MR) is 66.9 cm³/mol. The zero-order valence-corrected chi connectivity index (χ0v) is 11.1. The van der Waals surface area contributed by atoms with Crippen molar-refractivity contribution in [3.05, 3.63) is 29.3 Å². The van der Waals surface area contributed by atoms with Crippen LogP contribution in [0.15, 0.2) is 24.3 Å². The van der Waals surface area contributed by atoms with Gasteiger partial charge in [0.1, 0.15) is 18.1 Å². The molecular weight excluding hydrogens is 295 g/mol. The number of alkyl halides is 3. The fourth-order valence-corrected chi connectivity index (χ4v) is 1.90. The molecule has 0 spiro atoms. The van der Waals surface area contributed by atoms with Crippen molar-refractivity contribution in [2.75, 3.05) is 12.4 Å². The number of benzene rings is 1. The third kappa shape index (κ3) is 4.26. The van der Waals surface area contributed by atoms with Crippen molar-refractivity contribution in [1.82, 2.24) is 10.2 Å². The lowest BCUT2D eigenvalue weighted by molar-refractivity contribution is -0.274. The van der Waals surface area contributed by atoms with Gasteiger partial charge in [0, 0.05) is 7.05 Å². The lowest BCUT2D eigenvalue weighted by atomic mass is 10.3. The fraction of sp³-hybridized carbons (Fsp3) is 0.273. The van der Waals surface area contributed by atoms with Crippen molar-refractivity contribution in [1.29, 1.82) is 0 Å². The van der Waals surface area contributed by atoms with Gasteiger partial charge in [-0.25, -0.2) is 0 Å². The molecule has 9 heteroatoms. The maximum absolute atomic E-state index is 12.0. The van der Waals surface area contributed by atoms with E-state index in [1.54, 1.807) is 7.05 Å². The Labute approximate surface area is 116 Å². The molecule has 2 rings (SSSR count). The van der Waals surface area contributed by atoms with Gasteiger partial charge < -0.3 is 14.8 Å². The van der Waals surface area contributed by atoms with Crippen LogP contribution in [0.1, 0.15) is 5.01 Å². The maximum Gasteiger partial charge on any atom is 0.573 e. The monoisotopic (exact) mass is 305 g/mol. The second kappa shape index (κ2) is 5.95. The number of hydrogen-bond donors (Lipinski definition) is 1. The summed E-state index contributed by atoms with van der Waals surface area (Å²) in [6, 6.07) is 5.14. The Morgan fingerprint density at radius 1 is 1.15 bits per heavy atom. The summed E-state index contributed by atoms with van der Waals surface area (Å²) in [4.78, 5) is 0. The van der Waals surface area contributed by atoms with Crippen molar-refractivity contribution in [2.24, 2.45) is 0 Å². The summed E-state index contributed by atoms with van der Waals surface area (Å²) in [5.74, 6) is 0.124. The molecule has 0 aliphatic rings. The number of nitrogens with zero attached hydrogens (tertiary/aromatic N) is 2.